The van der Waals surface area contributed by atoms with Gasteiger partial charge in [-0.05, 0) is 174 Å². The van der Waals surface area contributed by atoms with E-state index in [2.05, 4.69) is 83.3 Å². The van der Waals surface area contributed by atoms with Crippen molar-refractivity contribution >= 4 is 176 Å². The van der Waals surface area contributed by atoms with Gasteiger partial charge < -0.3 is 35.7 Å². The second-order valence-electron chi connectivity index (χ2n) is 20.4. The molecule has 0 saturated carbocycles. The average Bonchev–Trinajstić information content (AvgIpc) is 1.82. The first-order chi connectivity index (χ1) is 45.0. The molecule has 3 aromatic carbocycles. The van der Waals surface area contributed by atoms with E-state index in [4.69, 9.17) is 19.9 Å². The predicted molar refractivity (Wildman–Crippen MR) is 390 cm³/mol. The van der Waals surface area contributed by atoms with Gasteiger partial charge >= 0.3 is 0 Å². The van der Waals surface area contributed by atoms with Crippen molar-refractivity contribution in [3.8, 4) is 23.0 Å². The lowest BCUT2D eigenvalue weighted by molar-refractivity contribution is -0.122. The molecule has 30 heteroatoms. The molecule has 97 heavy (non-hydrogen) atoms. The molecule has 23 nitrogen and oxygen atoms in total. The summed E-state index contributed by atoms with van der Waals surface area (Å²) in [5, 5.41) is 14.9. The Labute approximate surface area is 602 Å². The van der Waals surface area contributed by atoms with Crippen molar-refractivity contribution < 1.29 is 57.7 Å². The Bertz CT molecular complexity index is 4240. The maximum atomic E-state index is 12.4. The van der Waals surface area contributed by atoms with Crippen LogP contribution in [0, 0.1) is 13.8 Å². The van der Waals surface area contributed by atoms with Crippen LogP contribution in [0.2, 0.25) is 0 Å². The number of aryl methyl sites for hydroxylation is 2. The molecule has 8 heterocycles. The summed E-state index contributed by atoms with van der Waals surface area (Å²) >= 11 is 13.0. The van der Waals surface area contributed by atoms with Gasteiger partial charge in [-0.1, -0.05) is 62.6 Å². The fourth-order valence-corrected chi connectivity index (χ4v) is 12.5. The van der Waals surface area contributed by atoms with Crippen LogP contribution < -0.4 is 30.6 Å². The van der Waals surface area contributed by atoms with Crippen molar-refractivity contribution in [2.45, 2.75) is 48.5 Å². The third kappa shape index (κ3) is 20.2. The van der Waals surface area contributed by atoms with Crippen LogP contribution in [0.25, 0.3) is 18.2 Å². The number of thioether (sulfide) groups is 3. The molecule has 8 amide bonds. The summed E-state index contributed by atoms with van der Waals surface area (Å²) in [4.78, 5) is 121. The lowest BCUT2D eigenvalue weighted by Gasteiger charge is -2.12. The number of hydrogen-bond donors (Lipinski definition) is 4. The third-order valence-corrected chi connectivity index (χ3v) is 18.4. The Morgan fingerprint density at radius 1 is 0.505 bits per heavy atom. The zero-order valence-corrected chi connectivity index (χ0v) is 58.5. The maximum Gasteiger partial charge on any atom is 0.293 e. The number of nitrogen functional groups attached to an aromatic ring is 1. The Balaban J connectivity index is 0.000000229. The molecule has 3 saturated heterocycles. The van der Waals surface area contributed by atoms with Gasteiger partial charge in [0.05, 0.1) is 55.3 Å². The maximum absolute atomic E-state index is 12.4. The zero-order valence-electron chi connectivity index (χ0n) is 50.5. The minimum Gasteiger partial charge on any atom is -0.504 e. The molecule has 0 aliphatic carbocycles. The quantitative estimate of drug-likeness (QED) is 0.0653. The molecule has 0 atom stereocenters. The summed E-state index contributed by atoms with van der Waals surface area (Å²) in [6, 6.07) is 22.4. The van der Waals surface area contributed by atoms with E-state index >= 15 is 0 Å². The number of rotatable bonds is 16. The van der Waals surface area contributed by atoms with Gasteiger partial charge in [-0.15, -0.1) is 12.4 Å². The molecular formula is C67H61Br3ClN11O12S3. The first kappa shape index (κ1) is 76.8. The van der Waals surface area contributed by atoms with Crippen LogP contribution in [-0.4, -0.2) is 111 Å². The molecule has 0 bridgehead atoms. The van der Waals surface area contributed by atoms with E-state index in [9.17, 15) is 43.5 Å². The number of nitrogens with zero attached hydrogens (tertiary/aromatic N) is 8. The number of phenols is 1. The van der Waals surface area contributed by atoms with E-state index in [-0.39, 0.29) is 96.2 Å². The van der Waals surface area contributed by atoms with Gasteiger partial charge in [0.1, 0.15) is 31.3 Å². The summed E-state index contributed by atoms with van der Waals surface area (Å²) in [5.74, 6) is -0.266. The normalized spacial score (nSPS) is 14.4. The Hall–Kier alpha value is -9.23. The summed E-state index contributed by atoms with van der Waals surface area (Å²) < 4.78 is 19.8. The van der Waals surface area contributed by atoms with Gasteiger partial charge in [0.25, 0.3) is 45.3 Å². The zero-order chi connectivity index (χ0) is 67.3. The molecule has 8 aromatic rings. The van der Waals surface area contributed by atoms with Gasteiger partial charge in [-0.25, -0.2) is 0 Å². The number of aromatic nitrogens is 5. The second kappa shape index (κ2) is 35.1. The lowest BCUT2D eigenvalue weighted by Crippen LogP contribution is -2.22. The molecule has 0 radical (unpaired) electrons. The van der Waals surface area contributed by atoms with Crippen LogP contribution in [-0.2, 0) is 34.2 Å². The molecule has 5 aromatic heterocycles. The number of pyridine rings is 5. The number of carbonyl (C=O) groups is 8. The van der Waals surface area contributed by atoms with Crippen molar-refractivity contribution in [3.63, 3.8) is 0 Å². The van der Waals surface area contributed by atoms with Crippen LogP contribution in [0.4, 0.5) is 31.4 Å². The first-order valence-electron chi connectivity index (χ1n) is 27.6. The van der Waals surface area contributed by atoms with E-state index in [1.54, 1.807) is 110 Å². The van der Waals surface area contributed by atoms with Crippen LogP contribution in [0.3, 0.4) is 0 Å². The van der Waals surface area contributed by atoms with Crippen LogP contribution in [0.1, 0.15) is 80.1 Å². The van der Waals surface area contributed by atoms with Crippen LogP contribution in [0.5, 0.6) is 23.0 Å². The highest BCUT2D eigenvalue weighted by Gasteiger charge is 2.34. The lowest BCUT2D eigenvalue weighted by atomic mass is 10.1. The van der Waals surface area contributed by atoms with Crippen molar-refractivity contribution in [2.75, 3.05) is 37.5 Å². The van der Waals surface area contributed by atoms with Gasteiger partial charge in [0.15, 0.2) is 11.5 Å². The summed E-state index contributed by atoms with van der Waals surface area (Å²) in [5.41, 5.74) is 14.3. The number of nitrogens with two attached hydrogens (primary N) is 1. The van der Waals surface area contributed by atoms with Gasteiger partial charge in [-0.3, -0.25) is 78.0 Å². The van der Waals surface area contributed by atoms with E-state index in [0.717, 1.165) is 92.3 Å². The summed E-state index contributed by atoms with van der Waals surface area (Å²) in [7, 11) is 4.34. The fraction of sp³-hybridized carbons (Fsp3) is 0.149. The van der Waals surface area contributed by atoms with Crippen molar-refractivity contribution in [1.82, 2.24) is 39.6 Å². The van der Waals surface area contributed by atoms with E-state index in [0.29, 0.717) is 71.7 Å². The molecule has 3 fully saturated rings. The topological polar surface area (TPSA) is 309 Å². The summed E-state index contributed by atoms with van der Waals surface area (Å²) in [6.07, 6.45) is 20.6. The second-order valence-corrected chi connectivity index (χ2v) is 25.9. The van der Waals surface area contributed by atoms with Gasteiger partial charge in [-0.2, -0.15) is 0 Å². The number of nitrogens with one attached hydrogen (secondary N) is 2. The molecule has 502 valence electrons. The minimum atomic E-state index is -0.395. The van der Waals surface area contributed by atoms with Gasteiger partial charge in [0.2, 0.25) is 0 Å². The molecule has 3 aliphatic heterocycles. The monoisotopic (exact) mass is 1580 g/mol. The third-order valence-electron chi connectivity index (χ3n) is 13.4. The van der Waals surface area contributed by atoms with Crippen molar-refractivity contribution in [1.29, 1.82) is 0 Å². The number of ether oxygens (including phenoxy) is 3. The largest absolute Gasteiger partial charge is 0.504 e. The highest BCUT2D eigenvalue weighted by molar-refractivity contribution is 9.11. The average molecular weight is 1580 g/mol. The number of likely N-dealkylation sites (N-methyl/N-ethyl adjacent to an activating group) is 3. The molecule has 0 unspecified atom stereocenters. The number of benzene rings is 3. The van der Waals surface area contributed by atoms with E-state index in [1.165, 1.54) is 45.8 Å². The van der Waals surface area contributed by atoms with Crippen LogP contribution >= 0.6 is 95.5 Å². The Kier molecular flexibility index (Phi) is 27.8. The first-order valence-corrected chi connectivity index (χ1v) is 32.5. The number of halogens is 4. The number of phenolic OH excluding ortho intramolecular Hbond substituents is 1. The van der Waals surface area contributed by atoms with Crippen LogP contribution in [0.15, 0.2) is 169 Å². The molecule has 3 aliphatic rings. The van der Waals surface area contributed by atoms with Crippen molar-refractivity contribution in [3.05, 3.63) is 225 Å². The molecular weight excluding hydrogens is 1520 g/mol. The van der Waals surface area contributed by atoms with E-state index in [1.807, 2.05) is 38.1 Å². The number of anilines is 3. The molecule has 0 spiro atoms. The smallest absolute Gasteiger partial charge is 0.293 e. The number of hydrogen-bond acceptors (Lipinski definition) is 21. The number of carbonyl (C=O) groups excluding carboxylic acids is 8. The highest BCUT2D eigenvalue weighted by Crippen LogP contribution is 2.40. The Morgan fingerprint density at radius 3 is 1.21 bits per heavy atom. The highest BCUT2D eigenvalue weighted by atomic mass is 79.9. The van der Waals surface area contributed by atoms with Crippen molar-refractivity contribution in [2.24, 2.45) is 0 Å². The number of aromatic hydroxyl groups is 1. The number of imide groups is 3. The minimum absolute atomic E-state index is 0. The van der Waals surface area contributed by atoms with E-state index < -0.39 is 5.91 Å². The predicted octanol–water partition coefficient (Wildman–Crippen LogP) is 15.2. The van der Waals surface area contributed by atoms with Gasteiger partial charge in [0, 0.05) is 101 Å². The summed E-state index contributed by atoms with van der Waals surface area (Å²) in [6.45, 7) is 4.44. The standard InChI is InChI=1S/C24H19BrN4O4S.C23H17BrN4O5S.C18H16BrN3O3S.2CH4.ClH/c1-14-6-19(25)17(9-21-23(31)29(2)24(32)34-21)8-20(14)33-13-15-7-18(12-27-10-15)28-22(30)16-4-3-5-26-11-16;1-28-22(31)20(34-23(28)32)7-15-6-19(18(29)8-17(15)24)33-12-13-5-16(11-26-9-13)27-21(30)14-3-2-4-25-10-14;1-10-3-14(19)12(6-16-17(23)22(2)18(24)26-16)5-15(10)25-9-11-4-13(20)8-21-7-11;;;/h3-12H,13H2,1-2H3,(H,28,30);2-11,29H,12H2,1H3,(H,27,30);3-8H,9,20H2,1-2H3;2*1H4;1H/b21-9-;20-7-;16-6-;;;. The SMILES string of the molecule is C.C.CN1C(=O)S/C(=C\c2cc(OCc3cncc(NC(=O)c4cccnc4)c3)c(O)cc2Br)C1=O.Cc1cc(Br)c(/C=C2\SC(=O)N(C)C2=O)cc1OCc1cncc(N)c1.Cc1cc(Br)c(/C=C2\SC(=O)N(C)C2=O)cc1OCc1cncc(NC(=O)c2cccnc2)c1.Cl. The molecule has 5 N–H and O–H groups in total. The Morgan fingerprint density at radius 2 is 0.856 bits per heavy atom. The fourth-order valence-electron chi connectivity index (χ4n) is 8.45. The molecule has 11 rings (SSSR count). The number of amides is 8.